The van der Waals surface area contributed by atoms with Crippen LogP contribution in [-0.2, 0) is 6.54 Å². The molecule has 1 atom stereocenters. The summed E-state index contributed by atoms with van der Waals surface area (Å²) in [7, 11) is 0. The predicted molar refractivity (Wildman–Crippen MR) is 85.8 cm³/mol. The molecule has 21 heavy (non-hydrogen) atoms. The van der Waals surface area contributed by atoms with Gasteiger partial charge in [-0.25, -0.2) is 0 Å². The van der Waals surface area contributed by atoms with Crippen molar-refractivity contribution in [3.63, 3.8) is 0 Å². The van der Waals surface area contributed by atoms with E-state index in [1.807, 2.05) is 17.1 Å². The molecule has 120 valence electrons. The van der Waals surface area contributed by atoms with E-state index >= 15 is 0 Å². The van der Waals surface area contributed by atoms with Crippen LogP contribution >= 0.6 is 0 Å². The second kappa shape index (κ2) is 6.93. The third-order valence-electron chi connectivity index (χ3n) is 5.38. The Morgan fingerprint density at radius 1 is 1.43 bits per heavy atom. The summed E-state index contributed by atoms with van der Waals surface area (Å²) >= 11 is 0. The Morgan fingerprint density at radius 2 is 2.10 bits per heavy atom. The molecule has 0 aromatic carbocycles. The Bertz CT molecular complexity index is 433. The molecule has 0 amide bonds. The highest BCUT2D eigenvalue weighted by atomic mass is 16.3. The number of aromatic nitrogens is 2. The van der Waals surface area contributed by atoms with Gasteiger partial charge < -0.3 is 10.8 Å². The fraction of sp³-hybridized carbons (Fsp3) is 0.824. The maximum absolute atomic E-state index is 10.9. The van der Waals surface area contributed by atoms with E-state index in [9.17, 15) is 5.11 Å². The van der Waals surface area contributed by atoms with Crippen molar-refractivity contribution in [1.82, 2.24) is 9.78 Å². The van der Waals surface area contributed by atoms with Gasteiger partial charge in [0.2, 0.25) is 0 Å². The first-order valence-corrected chi connectivity index (χ1v) is 8.43. The van der Waals surface area contributed by atoms with E-state index in [-0.39, 0.29) is 5.41 Å². The quantitative estimate of drug-likeness (QED) is 0.847. The van der Waals surface area contributed by atoms with E-state index < -0.39 is 6.10 Å². The fourth-order valence-corrected chi connectivity index (χ4v) is 3.70. The summed E-state index contributed by atoms with van der Waals surface area (Å²) in [6, 6.07) is 0. The van der Waals surface area contributed by atoms with E-state index in [2.05, 4.69) is 25.9 Å². The van der Waals surface area contributed by atoms with Crippen LogP contribution in [0.25, 0.3) is 0 Å². The lowest BCUT2D eigenvalue weighted by atomic mass is 9.64. The van der Waals surface area contributed by atoms with Gasteiger partial charge in [-0.2, -0.15) is 5.10 Å². The van der Waals surface area contributed by atoms with Crippen molar-refractivity contribution in [2.75, 3.05) is 6.54 Å². The standard InChI is InChI=1S/C17H31N3O/c1-4-9-20-11-15(10-19-20)16(21)17(12-18)7-5-14(6-8-17)13(2)3/h10-11,13-14,16,21H,4-9,12,18H2,1-3H3. The van der Waals surface area contributed by atoms with Crippen LogP contribution in [0.15, 0.2) is 12.4 Å². The average molecular weight is 293 g/mol. The summed E-state index contributed by atoms with van der Waals surface area (Å²) in [5.41, 5.74) is 6.84. The summed E-state index contributed by atoms with van der Waals surface area (Å²) < 4.78 is 1.92. The van der Waals surface area contributed by atoms with E-state index in [1.54, 1.807) is 0 Å². The second-order valence-corrected chi connectivity index (χ2v) is 7.09. The molecule has 1 aliphatic rings. The average Bonchev–Trinajstić information content (AvgIpc) is 2.95. The van der Waals surface area contributed by atoms with Crippen LogP contribution in [0.4, 0.5) is 0 Å². The highest BCUT2D eigenvalue weighted by molar-refractivity contribution is 5.13. The zero-order valence-corrected chi connectivity index (χ0v) is 13.8. The topological polar surface area (TPSA) is 64.1 Å². The minimum absolute atomic E-state index is 0.161. The lowest BCUT2D eigenvalue weighted by Crippen LogP contribution is -2.40. The zero-order valence-electron chi connectivity index (χ0n) is 13.8. The number of aryl methyl sites for hydroxylation is 1. The van der Waals surface area contributed by atoms with Gasteiger partial charge in [0, 0.05) is 30.3 Å². The number of nitrogens with zero attached hydrogens (tertiary/aromatic N) is 2. The van der Waals surface area contributed by atoms with Crippen LogP contribution in [0.2, 0.25) is 0 Å². The maximum Gasteiger partial charge on any atom is 0.0888 e. The first-order valence-electron chi connectivity index (χ1n) is 8.43. The van der Waals surface area contributed by atoms with Crippen molar-refractivity contribution >= 4 is 0 Å². The smallest absolute Gasteiger partial charge is 0.0888 e. The number of aliphatic hydroxyl groups excluding tert-OH is 1. The molecule has 1 saturated carbocycles. The number of nitrogens with two attached hydrogens (primary N) is 1. The van der Waals surface area contributed by atoms with E-state index in [1.165, 1.54) is 12.8 Å². The normalized spacial score (nSPS) is 28.0. The molecule has 0 bridgehead atoms. The molecular weight excluding hydrogens is 262 g/mol. The Hall–Kier alpha value is -0.870. The number of hydrogen-bond donors (Lipinski definition) is 2. The first-order chi connectivity index (χ1) is 10.0. The third-order valence-corrected chi connectivity index (χ3v) is 5.38. The lowest BCUT2D eigenvalue weighted by Gasteiger charge is -2.43. The molecule has 2 rings (SSSR count). The van der Waals surface area contributed by atoms with Crippen molar-refractivity contribution in [1.29, 1.82) is 0 Å². The van der Waals surface area contributed by atoms with Crippen LogP contribution in [0.5, 0.6) is 0 Å². The minimum atomic E-state index is -0.485. The molecule has 1 aliphatic carbocycles. The maximum atomic E-state index is 10.9. The Morgan fingerprint density at radius 3 is 2.62 bits per heavy atom. The molecular formula is C17H31N3O. The van der Waals surface area contributed by atoms with Crippen LogP contribution < -0.4 is 5.73 Å². The molecule has 1 heterocycles. The highest BCUT2D eigenvalue weighted by Gasteiger charge is 2.41. The molecule has 4 heteroatoms. The summed E-state index contributed by atoms with van der Waals surface area (Å²) in [6.07, 6.45) is 8.76. The van der Waals surface area contributed by atoms with Gasteiger partial charge in [-0.15, -0.1) is 0 Å². The Kier molecular flexibility index (Phi) is 5.44. The van der Waals surface area contributed by atoms with Gasteiger partial charge in [0.25, 0.3) is 0 Å². The number of aliphatic hydroxyl groups is 1. The second-order valence-electron chi connectivity index (χ2n) is 7.09. The van der Waals surface area contributed by atoms with Gasteiger partial charge in [0.15, 0.2) is 0 Å². The van der Waals surface area contributed by atoms with Gasteiger partial charge in [-0.1, -0.05) is 20.8 Å². The Labute approximate surface area is 128 Å². The van der Waals surface area contributed by atoms with Gasteiger partial charge >= 0.3 is 0 Å². The summed E-state index contributed by atoms with van der Waals surface area (Å²) in [5.74, 6) is 1.50. The molecule has 1 fully saturated rings. The van der Waals surface area contributed by atoms with Crippen LogP contribution in [0.3, 0.4) is 0 Å². The Balaban J connectivity index is 2.09. The molecule has 0 radical (unpaired) electrons. The van der Waals surface area contributed by atoms with Gasteiger partial charge in [-0.3, -0.25) is 4.68 Å². The number of hydrogen-bond acceptors (Lipinski definition) is 3. The van der Waals surface area contributed by atoms with Crippen molar-refractivity contribution in [3.05, 3.63) is 18.0 Å². The molecule has 1 aromatic rings. The van der Waals surface area contributed by atoms with E-state index in [4.69, 9.17) is 5.73 Å². The summed E-state index contributed by atoms with van der Waals surface area (Å²) in [6.45, 7) is 8.18. The zero-order chi connectivity index (χ0) is 15.5. The molecule has 1 aromatic heterocycles. The highest BCUT2D eigenvalue weighted by Crippen LogP contribution is 2.48. The van der Waals surface area contributed by atoms with Crippen molar-refractivity contribution in [2.24, 2.45) is 23.0 Å². The molecule has 3 N–H and O–H groups in total. The molecule has 0 spiro atoms. The molecule has 1 unspecified atom stereocenters. The predicted octanol–water partition coefficient (Wildman–Crippen LogP) is 3.12. The van der Waals surface area contributed by atoms with Crippen molar-refractivity contribution in [3.8, 4) is 0 Å². The minimum Gasteiger partial charge on any atom is -0.388 e. The fourth-order valence-electron chi connectivity index (χ4n) is 3.70. The SMILES string of the molecule is CCCn1cc(C(O)C2(CN)CCC(C(C)C)CC2)cn1. The van der Waals surface area contributed by atoms with Crippen molar-refractivity contribution < 1.29 is 5.11 Å². The molecule has 0 saturated heterocycles. The van der Waals surface area contributed by atoms with Crippen LogP contribution in [0.1, 0.15) is 64.5 Å². The lowest BCUT2D eigenvalue weighted by molar-refractivity contribution is -0.0149. The van der Waals surface area contributed by atoms with E-state index in [0.717, 1.165) is 43.2 Å². The van der Waals surface area contributed by atoms with E-state index in [0.29, 0.717) is 6.54 Å². The van der Waals surface area contributed by atoms with Crippen LogP contribution in [-0.4, -0.2) is 21.4 Å². The number of rotatable bonds is 6. The third kappa shape index (κ3) is 3.49. The van der Waals surface area contributed by atoms with Gasteiger partial charge in [0.1, 0.15) is 0 Å². The summed E-state index contributed by atoms with van der Waals surface area (Å²) in [5, 5.41) is 15.2. The first kappa shape index (κ1) is 16.5. The monoisotopic (exact) mass is 293 g/mol. The van der Waals surface area contributed by atoms with Crippen LogP contribution in [0, 0.1) is 17.3 Å². The van der Waals surface area contributed by atoms with Gasteiger partial charge in [-0.05, 0) is 43.9 Å². The van der Waals surface area contributed by atoms with Gasteiger partial charge in [0.05, 0.1) is 12.3 Å². The largest absolute Gasteiger partial charge is 0.388 e. The molecule has 4 nitrogen and oxygen atoms in total. The van der Waals surface area contributed by atoms with Crippen molar-refractivity contribution in [2.45, 2.75) is 65.5 Å². The summed E-state index contributed by atoms with van der Waals surface area (Å²) in [4.78, 5) is 0. The molecule has 0 aliphatic heterocycles.